The van der Waals surface area contributed by atoms with Gasteiger partial charge in [-0.05, 0) is 19.1 Å². The van der Waals surface area contributed by atoms with Crippen LogP contribution in [0.15, 0.2) is 28.9 Å². The van der Waals surface area contributed by atoms with Crippen molar-refractivity contribution in [2.24, 2.45) is 0 Å². The molecule has 100 valence electrons. The smallest absolute Gasteiger partial charge is 0.376 e. The number of aromatic nitrogens is 2. The van der Waals surface area contributed by atoms with Gasteiger partial charge in [0.1, 0.15) is 11.6 Å². The molecule has 6 heteroatoms. The number of anilines is 1. The number of rotatable bonds is 5. The molecule has 0 aromatic carbocycles. The zero-order chi connectivity index (χ0) is 13.7. The number of aryl methyl sites for hydroxylation is 1. The Morgan fingerprint density at radius 2 is 2.32 bits per heavy atom. The standard InChI is InChI=1S/C13H15N3O3/c1-9-8-11(16-12(15-9)13(17)18-2)14-6-5-10-4-3-7-19-10/h3-4,7-8H,5-6H2,1-2H3,(H,14,15,16). The molecule has 2 heterocycles. The van der Waals surface area contributed by atoms with Crippen LogP contribution in [0.3, 0.4) is 0 Å². The maximum Gasteiger partial charge on any atom is 0.376 e. The van der Waals surface area contributed by atoms with Crippen molar-refractivity contribution < 1.29 is 13.9 Å². The minimum Gasteiger partial charge on any atom is -0.469 e. The SMILES string of the molecule is COC(=O)c1nc(C)cc(NCCc2ccco2)n1. The summed E-state index contributed by atoms with van der Waals surface area (Å²) in [6.45, 7) is 2.45. The summed E-state index contributed by atoms with van der Waals surface area (Å²) >= 11 is 0. The third-order valence-electron chi connectivity index (χ3n) is 2.48. The number of esters is 1. The van der Waals surface area contributed by atoms with E-state index in [0.29, 0.717) is 18.1 Å². The molecule has 0 atom stereocenters. The van der Waals surface area contributed by atoms with Crippen molar-refractivity contribution in [3.05, 3.63) is 41.7 Å². The summed E-state index contributed by atoms with van der Waals surface area (Å²) < 4.78 is 9.83. The summed E-state index contributed by atoms with van der Waals surface area (Å²) in [5, 5.41) is 3.12. The maximum absolute atomic E-state index is 11.4. The fraction of sp³-hybridized carbons (Fsp3) is 0.308. The molecule has 0 spiro atoms. The Kier molecular flexibility index (Phi) is 4.12. The molecule has 0 amide bonds. The van der Waals surface area contributed by atoms with E-state index in [4.69, 9.17) is 4.42 Å². The van der Waals surface area contributed by atoms with Gasteiger partial charge in [0.25, 0.3) is 0 Å². The van der Waals surface area contributed by atoms with Crippen LogP contribution in [0.4, 0.5) is 5.82 Å². The Hall–Kier alpha value is -2.37. The zero-order valence-corrected chi connectivity index (χ0v) is 10.8. The fourth-order valence-electron chi connectivity index (χ4n) is 1.61. The van der Waals surface area contributed by atoms with E-state index in [1.165, 1.54) is 7.11 Å². The van der Waals surface area contributed by atoms with Gasteiger partial charge in [0.15, 0.2) is 0 Å². The van der Waals surface area contributed by atoms with E-state index in [2.05, 4.69) is 20.0 Å². The van der Waals surface area contributed by atoms with Gasteiger partial charge in [-0.25, -0.2) is 14.8 Å². The van der Waals surface area contributed by atoms with Gasteiger partial charge in [0, 0.05) is 24.7 Å². The van der Waals surface area contributed by atoms with E-state index in [0.717, 1.165) is 12.2 Å². The van der Waals surface area contributed by atoms with Crippen LogP contribution in [0.1, 0.15) is 22.1 Å². The monoisotopic (exact) mass is 261 g/mol. The Morgan fingerprint density at radius 3 is 3.00 bits per heavy atom. The summed E-state index contributed by atoms with van der Waals surface area (Å²) in [6.07, 6.45) is 2.38. The van der Waals surface area contributed by atoms with Crippen LogP contribution >= 0.6 is 0 Å². The van der Waals surface area contributed by atoms with Crippen molar-refractivity contribution in [1.29, 1.82) is 0 Å². The van der Waals surface area contributed by atoms with Crippen LogP contribution in [0.2, 0.25) is 0 Å². The molecule has 0 aliphatic rings. The molecule has 1 N–H and O–H groups in total. The number of carbonyl (C=O) groups is 1. The fourth-order valence-corrected chi connectivity index (χ4v) is 1.61. The molecule has 0 saturated heterocycles. The largest absolute Gasteiger partial charge is 0.469 e. The summed E-state index contributed by atoms with van der Waals surface area (Å²) in [5.41, 5.74) is 0.705. The number of nitrogens with one attached hydrogen (secondary N) is 1. The predicted molar refractivity (Wildman–Crippen MR) is 69.0 cm³/mol. The van der Waals surface area contributed by atoms with Gasteiger partial charge in [0.05, 0.1) is 13.4 Å². The topological polar surface area (TPSA) is 77.2 Å². The number of methoxy groups -OCH3 is 1. The Balaban J connectivity index is 1.99. The van der Waals surface area contributed by atoms with Gasteiger partial charge < -0.3 is 14.5 Å². The molecule has 2 aromatic heterocycles. The van der Waals surface area contributed by atoms with Crippen LogP contribution in [0.25, 0.3) is 0 Å². The van der Waals surface area contributed by atoms with E-state index < -0.39 is 5.97 Å². The molecule has 19 heavy (non-hydrogen) atoms. The highest BCUT2D eigenvalue weighted by Crippen LogP contribution is 2.08. The quantitative estimate of drug-likeness (QED) is 0.827. The number of carbonyl (C=O) groups excluding carboxylic acids is 1. The molecule has 0 bridgehead atoms. The molecule has 0 fully saturated rings. The van der Waals surface area contributed by atoms with Crippen LogP contribution in [-0.4, -0.2) is 29.6 Å². The number of hydrogen-bond donors (Lipinski definition) is 1. The Bertz CT molecular complexity index is 552. The van der Waals surface area contributed by atoms with Crippen molar-refractivity contribution in [3.8, 4) is 0 Å². The molecule has 2 aromatic rings. The van der Waals surface area contributed by atoms with Crippen LogP contribution in [0, 0.1) is 6.92 Å². The highest BCUT2D eigenvalue weighted by Gasteiger charge is 2.11. The van der Waals surface area contributed by atoms with E-state index >= 15 is 0 Å². The van der Waals surface area contributed by atoms with E-state index in [1.54, 1.807) is 19.3 Å². The molecular formula is C13H15N3O3. The normalized spacial score (nSPS) is 10.2. The third kappa shape index (κ3) is 3.54. The van der Waals surface area contributed by atoms with Crippen LogP contribution in [-0.2, 0) is 11.2 Å². The molecule has 0 aliphatic heterocycles. The highest BCUT2D eigenvalue weighted by molar-refractivity contribution is 5.85. The maximum atomic E-state index is 11.4. The molecule has 0 radical (unpaired) electrons. The molecule has 0 saturated carbocycles. The minimum absolute atomic E-state index is 0.0583. The first-order valence-electron chi connectivity index (χ1n) is 5.89. The van der Waals surface area contributed by atoms with Crippen LogP contribution < -0.4 is 5.32 Å². The average Bonchev–Trinajstić information content (AvgIpc) is 2.90. The second-order valence-corrected chi connectivity index (χ2v) is 3.97. The molecular weight excluding hydrogens is 246 g/mol. The summed E-state index contributed by atoms with van der Waals surface area (Å²) in [6, 6.07) is 5.53. The first kappa shape index (κ1) is 13.1. The molecule has 0 aliphatic carbocycles. The lowest BCUT2D eigenvalue weighted by Crippen LogP contribution is -2.12. The lowest BCUT2D eigenvalue weighted by Gasteiger charge is -2.06. The van der Waals surface area contributed by atoms with Gasteiger partial charge in [-0.1, -0.05) is 0 Å². The molecule has 0 unspecified atom stereocenters. The van der Waals surface area contributed by atoms with Gasteiger partial charge in [-0.2, -0.15) is 0 Å². The second kappa shape index (κ2) is 5.99. The van der Waals surface area contributed by atoms with Crippen LogP contribution in [0.5, 0.6) is 0 Å². The van der Waals surface area contributed by atoms with Crippen molar-refractivity contribution in [2.45, 2.75) is 13.3 Å². The average molecular weight is 261 g/mol. The number of hydrogen-bond acceptors (Lipinski definition) is 6. The summed E-state index contributed by atoms with van der Waals surface area (Å²) in [7, 11) is 1.30. The van der Waals surface area contributed by atoms with Gasteiger partial charge in [0.2, 0.25) is 5.82 Å². The Morgan fingerprint density at radius 1 is 1.47 bits per heavy atom. The number of furan rings is 1. The first-order chi connectivity index (χ1) is 9.19. The molecule has 2 rings (SSSR count). The second-order valence-electron chi connectivity index (χ2n) is 3.97. The van der Waals surface area contributed by atoms with Gasteiger partial charge in [-0.3, -0.25) is 0 Å². The minimum atomic E-state index is -0.544. The number of nitrogens with zero attached hydrogens (tertiary/aromatic N) is 2. The lowest BCUT2D eigenvalue weighted by molar-refractivity contribution is 0.0586. The predicted octanol–water partition coefficient (Wildman–Crippen LogP) is 1.82. The Labute approximate surface area is 110 Å². The first-order valence-corrected chi connectivity index (χ1v) is 5.89. The van der Waals surface area contributed by atoms with Gasteiger partial charge >= 0.3 is 5.97 Å². The van der Waals surface area contributed by atoms with E-state index in [-0.39, 0.29) is 5.82 Å². The van der Waals surface area contributed by atoms with Crippen molar-refractivity contribution in [1.82, 2.24) is 9.97 Å². The van der Waals surface area contributed by atoms with Gasteiger partial charge in [-0.15, -0.1) is 0 Å². The summed E-state index contributed by atoms with van der Waals surface area (Å²) in [4.78, 5) is 19.5. The van der Waals surface area contributed by atoms with E-state index in [1.807, 2.05) is 12.1 Å². The highest BCUT2D eigenvalue weighted by atomic mass is 16.5. The molecule has 6 nitrogen and oxygen atoms in total. The third-order valence-corrected chi connectivity index (χ3v) is 2.48. The number of ether oxygens (including phenoxy) is 1. The lowest BCUT2D eigenvalue weighted by atomic mass is 10.3. The van der Waals surface area contributed by atoms with Crippen molar-refractivity contribution >= 4 is 11.8 Å². The van der Waals surface area contributed by atoms with Crippen molar-refractivity contribution in [3.63, 3.8) is 0 Å². The van der Waals surface area contributed by atoms with E-state index in [9.17, 15) is 4.79 Å². The van der Waals surface area contributed by atoms with Crippen molar-refractivity contribution in [2.75, 3.05) is 19.0 Å². The summed E-state index contributed by atoms with van der Waals surface area (Å²) in [5.74, 6) is 1.01. The zero-order valence-electron chi connectivity index (χ0n) is 10.8.